The van der Waals surface area contributed by atoms with Crippen LogP contribution >= 0.6 is 23.2 Å². The first kappa shape index (κ1) is 14.4. The van der Waals surface area contributed by atoms with E-state index in [1.165, 1.54) is 36.4 Å². The number of carbonyl (C=O) groups is 1. The fourth-order valence-corrected chi connectivity index (χ4v) is 2.14. The second-order valence-electron chi connectivity index (χ2n) is 4.07. The first-order chi connectivity index (χ1) is 9.47. The van der Waals surface area contributed by atoms with Crippen molar-refractivity contribution in [3.63, 3.8) is 0 Å². The van der Waals surface area contributed by atoms with Crippen molar-refractivity contribution >= 4 is 35.1 Å². The van der Waals surface area contributed by atoms with Gasteiger partial charge < -0.3 is 10.2 Å². The van der Waals surface area contributed by atoms with Crippen LogP contribution in [0.1, 0.15) is 15.9 Å². The molecule has 102 valence electrons. The van der Waals surface area contributed by atoms with E-state index in [4.69, 9.17) is 23.2 Å². The molecule has 5 heteroatoms. The molecule has 0 amide bonds. The third-order valence-electron chi connectivity index (χ3n) is 2.60. The molecule has 0 aliphatic carbocycles. The molecule has 0 bridgehead atoms. The van der Waals surface area contributed by atoms with Crippen LogP contribution in [0.25, 0.3) is 6.08 Å². The average Bonchev–Trinajstić information content (AvgIpc) is 2.40. The zero-order chi connectivity index (χ0) is 14.7. The van der Waals surface area contributed by atoms with E-state index >= 15 is 0 Å². The highest BCUT2D eigenvalue weighted by Gasteiger charge is 2.07. The molecule has 2 aromatic carbocycles. The summed E-state index contributed by atoms with van der Waals surface area (Å²) in [5, 5.41) is 19.5. The van der Waals surface area contributed by atoms with Crippen molar-refractivity contribution in [1.82, 2.24) is 0 Å². The Morgan fingerprint density at radius 1 is 1.10 bits per heavy atom. The predicted molar refractivity (Wildman–Crippen MR) is 79.6 cm³/mol. The predicted octanol–water partition coefficient (Wildman–Crippen LogP) is 4.30. The van der Waals surface area contributed by atoms with Crippen LogP contribution in [0.15, 0.2) is 42.5 Å². The molecule has 0 saturated carbocycles. The number of hydrogen-bond acceptors (Lipinski definition) is 3. The summed E-state index contributed by atoms with van der Waals surface area (Å²) in [6, 6.07) is 8.89. The molecule has 0 unspecified atom stereocenters. The van der Waals surface area contributed by atoms with Gasteiger partial charge in [-0.15, -0.1) is 0 Å². The van der Waals surface area contributed by atoms with Crippen molar-refractivity contribution in [2.24, 2.45) is 0 Å². The van der Waals surface area contributed by atoms with Gasteiger partial charge in [0.05, 0.1) is 5.02 Å². The van der Waals surface area contributed by atoms with Gasteiger partial charge >= 0.3 is 0 Å². The minimum absolute atomic E-state index is 0.0119. The van der Waals surface area contributed by atoms with Gasteiger partial charge in [-0.05, 0) is 36.4 Å². The number of rotatable bonds is 3. The number of aromatic hydroxyl groups is 2. The van der Waals surface area contributed by atoms with Gasteiger partial charge in [-0.3, -0.25) is 4.79 Å². The topological polar surface area (TPSA) is 57.5 Å². The molecule has 2 aromatic rings. The van der Waals surface area contributed by atoms with E-state index < -0.39 is 0 Å². The lowest BCUT2D eigenvalue weighted by molar-refractivity contribution is 0.104. The summed E-state index contributed by atoms with van der Waals surface area (Å²) < 4.78 is 0. The molecule has 0 radical (unpaired) electrons. The molecule has 3 nitrogen and oxygen atoms in total. The van der Waals surface area contributed by atoms with Crippen LogP contribution in [0, 0.1) is 0 Å². The number of phenols is 2. The lowest BCUT2D eigenvalue weighted by Gasteiger charge is -2.02. The molecule has 2 rings (SSSR count). The Morgan fingerprint density at radius 3 is 2.55 bits per heavy atom. The van der Waals surface area contributed by atoms with Gasteiger partial charge in [-0.2, -0.15) is 0 Å². The summed E-state index contributed by atoms with van der Waals surface area (Å²) in [5.41, 5.74) is 0.685. The molecule has 0 aliphatic heterocycles. The molecule has 2 N–H and O–H groups in total. The molecule has 0 fully saturated rings. The molecule has 0 aromatic heterocycles. The van der Waals surface area contributed by atoms with E-state index in [1.54, 1.807) is 12.1 Å². The number of carbonyl (C=O) groups excluding carboxylic acids is 1. The first-order valence-corrected chi connectivity index (χ1v) is 6.42. The van der Waals surface area contributed by atoms with Crippen molar-refractivity contribution in [2.45, 2.75) is 0 Å². The van der Waals surface area contributed by atoms with Crippen LogP contribution in [-0.2, 0) is 0 Å². The Kier molecular flexibility index (Phi) is 4.32. The molecule has 0 atom stereocenters. The zero-order valence-electron chi connectivity index (χ0n) is 10.2. The Bertz CT molecular complexity index is 694. The smallest absolute Gasteiger partial charge is 0.185 e. The summed E-state index contributed by atoms with van der Waals surface area (Å²) in [7, 11) is 0. The van der Waals surface area contributed by atoms with Gasteiger partial charge in [-0.1, -0.05) is 35.3 Å². The van der Waals surface area contributed by atoms with E-state index in [0.717, 1.165) is 0 Å². The second-order valence-corrected chi connectivity index (χ2v) is 4.92. The molecule has 0 saturated heterocycles. The second kappa shape index (κ2) is 5.99. The van der Waals surface area contributed by atoms with E-state index in [-0.39, 0.29) is 22.3 Å². The van der Waals surface area contributed by atoms with Gasteiger partial charge in [0.15, 0.2) is 5.78 Å². The van der Waals surface area contributed by atoms with E-state index in [0.29, 0.717) is 16.1 Å². The lowest BCUT2D eigenvalue weighted by Crippen LogP contribution is -1.93. The number of hydrogen-bond donors (Lipinski definition) is 2. The standard InChI is InChI=1S/C15H10Cl2O3/c16-11-6-10(15(20)13(17)8-11)4-5-14(19)9-2-1-3-12(18)7-9/h1-8,18,20H/b5-4-. The minimum atomic E-state index is -0.309. The van der Waals surface area contributed by atoms with Gasteiger partial charge in [0, 0.05) is 16.1 Å². The Morgan fingerprint density at radius 2 is 1.85 bits per heavy atom. The normalized spacial score (nSPS) is 10.9. The minimum Gasteiger partial charge on any atom is -0.508 e. The van der Waals surface area contributed by atoms with Crippen molar-refractivity contribution < 1.29 is 15.0 Å². The van der Waals surface area contributed by atoms with E-state index in [1.807, 2.05) is 0 Å². The van der Waals surface area contributed by atoms with Crippen LogP contribution in [-0.4, -0.2) is 16.0 Å². The van der Waals surface area contributed by atoms with Crippen molar-refractivity contribution in [3.8, 4) is 11.5 Å². The highest BCUT2D eigenvalue weighted by Crippen LogP contribution is 2.32. The average molecular weight is 309 g/mol. The van der Waals surface area contributed by atoms with Crippen LogP contribution < -0.4 is 0 Å². The summed E-state index contributed by atoms with van der Waals surface area (Å²) in [4.78, 5) is 11.9. The van der Waals surface area contributed by atoms with Crippen molar-refractivity contribution in [1.29, 1.82) is 0 Å². The quantitative estimate of drug-likeness (QED) is 0.656. The molecule has 0 spiro atoms. The van der Waals surface area contributed by atoms with Gasteiger partial charge in [0.2, 0.25) is 0 Å². The SMILES string of the molecule is O=C(/C=C\c1cc(Cl)cc(Cl)c1O)c1cccc(O)c1. The molecule has 0 heterocycles. The highest BCUT2D eigenvalue weighted by atomic mass is 35.5. The number of ketones is 1. The van der Waals surface area contributed by atoms with Crippen molar-refractivity contribution in [2.75, 3.05) is 0 Å². The lowest BCUT2D eigenvalue weighted by atomic mass is 10.1. The van der Waals surface area contributed by atoms with Crippen LogP contribution in [0.2, 0.25) is 10.0 Å². The number of phenolic OH excluding ortho intramolecular Hbond substituents is 2. The maximum atomic E-state index is 11.9. The number of allylic oxidation sites excluding steroid dienone is 1. The summed E-state index contributed by atoms with van der Waals surface area (Å²) in [6.45, 7) is 0. The maximum Gasteiger partial charge on any atom is 0.185 e. The van der Waals surface area contributed by atoms with Gasteiger partial charge in [-0.25, -0.2) is 0 Å². The molecule has 0 aliphatic rings. The number of halogens is 2. The largest absolute Gasteiger partial charge is 0.508 e. The van der Waals surface area contributed by atoms with E-state index in [9.17, 15) is 15.0 Å². The Hall–Kier alpha value is -1.97. The van der Waals surface area contributed by atoms with Gasteiger partial charge in [0.1, 0.15) is 11.5 Å². The zero-order valence-corrected chi connectivity index (χ0v) is 11.7. The third-order valence-corrected chi connectivity index (χ3v) is 3.11. The van der Waals surface area contributed by atoms with Crippen molar-refractivity contribution in [3.05, 3.63) is 63.6 Å². The summed E-state index contributed by atoms with van der Waals surface area (Å²) in [5.74, 6) is -0.440. The fraction of sp³-hybridized carbons (Fsp3) is 0. The van der Waals surface area contributed by atoms with Crippen LogP contribution in [0.3, 0.4) is 0 Å². The third kappa shape index (κ3) is 3.32. The maximum absolute atomic E-state index is 11.9. The summed E-state index contributed by atoms with van der Waals surface area (Å²) >= 11 is 11.6. The van der Waals surface area contributed by atoms with Gasteiger partial charge in [0.25, 0.3) is 0 Å². The Balaban J connectivity index is 2.28. The van der Waals surface area contributed by atoms with Crippen LogP contribution in [0.4, 0.5) is 0 Å². The summed E-state index contributed by atoms with van der Waals surface area (Å²) in [6.07, 6.45) is 2.69. The van der Waals surface area contributed by atoms with Crippen LogP contribution in [0.5, 0.6) is 11.5 Å². The first-order valence-electron chi connectivity index (χ1n) is 5.67. The highest BCUT2D eigenvalue weighted by molar-refractivity contribution is 6.35. The monoisotopic (exact) mass is 308 g/mol. The molecular weight excluding hydrogens is 299 g/mol. The fourth-order valence-electron chi connectivity index (χ4n) is 1.63. The molecule has 20 heavy (non-hydrogen) atoms. The Labute approximate surface area is 125 Å². The molecular formula is C15H10Cl2O3. The van der Waals surface area contributed by atoms with E-state index in [2.05, 4.69) is 0 Å². The number of benzene rings is 2.